The van der Waals surface area contributed by atoms with Crippen molar-refractivity contribution < 1.29 is 0 Å². The highest BCUT2D eigenvalue weighted by Crippen LogP contribution is 2.20. The van der Waals surface area contributed by atoms with E-state index in [9.17, 15) is 0 Å². The molecule has 1 atom stereocenters. The summed E-state index contributed by atoms with van der Waals surface area (Å²) in [6.07, 6.45) is 7.40. The number of nitrogens with zero attached hydrogens (tertiary/aromatic N) is 1. The predicted molar refractivity (Wildman–Crippen MR) is 89.5 cm³/mol. The highest BCUT2D eigenvalue weighted by Gasteiger charge is 2.18. The van der Waals surface area contributed by atoms with Crippen LogP contribution in [0.25, 0.3) is 10.9 Å². The number of unbranched alkanes of at least 4 members (excludes halogenated alkanes) is 1. The smallest absolute Gasteiger partial charge is 0.0457 e. The van der Waals surface area contributed by atoms with Crippen molar-refractivity contribution in [1.82, 2.24) is 15.2 Å². The van der Waals surface area contributed by atoms with Gasteiger partial charge in [0.15, 0.2) is 0 Å². The van der Waals surface area contributed by atoms with Gasteiger partial charge in [-0.25, -0.2) is 0 Å². The van der Waals surface area contributed by atoms with Gasteiger partial charge in [0.2, 0.25) is 0 Å². The molecule has 0 amide bonds. The molecule has 0 spiro atoms. The van der Waals surface area contributed by atoms with Gasteiger partial charge in [0.25, 0.3) is 0 Å². The second-order valence-electron chi connectivity index (χ2n) is 6.24. The number of hydrogen-bond donors (Lipinski definition) is 2. The molecule has 3 heteroatoms. The predicted octanol–water partition coefficient (Wildman–Crippen LogP) is 3.52. The van der Waals surface area contributed by atoms with Gasteiger partial charge in [-0.15, -0.1) is 0 Å². The van der Waals surface area contributed by atoms with E-state index < -0.39 is 0 Å². The van der Waals surface area contributed by atoms with Gasteiger partial charge in [-0.2, -0.15) is 0 Å². The number of benzene rings is 1. The van der Waals surface area contributed by atoms with Crippen LogP contribution in [0.5, 0.6) is 0 Å². The van der Waals surface area contributed by atoms with Crippen LogP contribution in [0.15, 0.2) is 30.5 Å². The molecule has 1 aliphatic rings. The van der Waals surface area contributed by atoms with Crippen LogP contribution >= 0.6 is 0 Å². The Balaban J connectivity index is 1.70. The van der Waals surface area contributed by atoms with Gasteiger partial charge in [-0.1, -0.05) is 31.5 Å². The third-order valence-corrected chi connectivity index (χ3v) is 4.54. The summed E-state index contributed by atoms with van der Waals surface area (Å²) in [6, 6.07) is 9.31. The Bertz CT molecular complexity index is 554. The fourth-order valence-electron chi connectivity index (χ4n) is 3.34. The molecule has 3 nitrogen and oxygen atoms in total. The molecular formula is C18H27N3. The van der Waals surface area contributed by atoms with Gasteiger partial charge < -0.3 is 10.3 Å². The second kappa shape index (κ2) is 7.10. The summed E-state index contributed by atoms with van der Waals surface area (Å²) < 4.78 is 0. The fourth-order valence-corrected chi connectivity index (χ4v) is 3.34. The van der Waals surface area contributed by atoms with E-state index in [2.05, 4.69) is 52.6 Å². The molecule has 1 aromatic heterocycles. The Morgan fingerprint density at radius 1 is 1.29 bits per heavy atom. The number of nitrogens with one attached hydrogen (secondary N) is 2. The Kier molecular flexibility index (Phi) is 4.94. The van der Waals surface area contributed by atoms with E-state index >= 15 is 0 Å². The first-order valence-electron chi connectivity index (χ1n) is 8.37. The van der Waals surface area contributed by atoms with Gasteiger partial charge in [0.05, 0.1) is 0 Å². The first kappa shape index (κ1) is 14.6. The Labute approximate surface area is 127 Å². The Morgan fingerprint density at radius 3 is 3.00 bits per heavy atom. The molecule has 0 bridgehead atoms. The number of para-hydroxylation sites is 1. The normalized spacial score (nSPS) is 18.9. The lowest BCUT2D eigenvalue weighted by atomic mass is 10.1. The van der Waals surface area contributed by atoms with Gasteiger partial charge >= 0.3 is 0 Å². The van der Waals surface area contributed by atoms with Crippen LogP contribution in [0, 0.1) is 0 Å². The van der Waals surface area contributed by atoms with Crippen molar-refractivity contribution in [2.45, 2.75) is 45.2 Å². The molecule has 2 N–H and O–H groups in total. The average molecular weight is 285 g/mol. The van der Waals surface area contributed by atoms with Crippen molar-refractivity contribution in [3.8, 4) is 0 Å². The van der Waals surface area contributed by atoms with Crippen LogP contribution in [0.1, 0.15) is 38.2 Å². The molecule has 1 unspecified atom stereocenters. The molecule has 1 fully saturated rings. The zero-order valence-electron chi connectivity index (χ0n) is 13.1. The Morgan fingerprint density at radius 2 is 2.19 bits per heavy atom. The molecule has 1 aromatic carbocycles. The topological polar surface area (TPSA) is 31.1 Å². The molecule has 0 saturated carbocycles. The molecular weight excluding hydrogens is 258 g/mol. The van der Waals surface area contributed by atoms with E-state index in [1.54, 1.807) is 0 Å². The summed E-state index contributed by atoms with van der Waals surface area (Å²) in [6.45, 7) is 6.91. The van der Waals surface area contributed by atoms with Crippen LogP contribution in [0.3, 0.4) is 0 Å². The summed E-state index contributed by atoms with van der Waals surface area (Å²) in [4.78, 5) is 6.03. The summed E-state index contributed by atoms with van der Waals surface area (Å²) in [7, 11) is 0. The minimum absolute atomic E-state index is 0.687. The molecule has 21 heavy (non-hydrogen) atoms. The van der Waals surface area contributed by atoms with Gasteiger partial charge in [0, 0.05) is 36.2 Å². The number of hydrogen-bond acceptors (Lipinski definition) is 2. The molecule has 0 radical (unpaired) electrons. The number of aromatic nitrogens is 1. The molecule has 114 valence electrons. The van der Waals surface area contributed by atoms with E-state index in [-0.39, 0.29) is 0 Å². The third kappa shape index (κ3) is 3.66. The quantitative estimate of drug-likeness (QED) is 0.815. The highest BCUT2D eigenvalue weighted by atomic mass is 15.2. The first-order valence-corrected chi connectivity index (χ1v) is 8.37. The maximum atomic E-state index is 3.63. The number of rotatable bonds is 7. The van der Waals surface area contributed by atoms with Crippen LogP contribution in [-0.2, 0) is 6.54 Å². The highest BCUT2D eigenvalue weighted by molar-refractivity contribution is 5.82. The minimum Gasteiger partial charge on any atom is -0.361 e. The molecule has 2 heterocycles. The molecule has 2 aromatic rings. The lowest BCUT2D eigenvalue weighted by Crippen LogP contribution is -2.37. The van der Waals surface area contributed by atoms with E-state index in [4.69, 9.17) is 0 Å². The van der Waals surface area contributed by atoms with Crippen molar-refractivity contribution in [2.75, 3.05) is 19.6 Å². The molecule has 1 saturated heterocycles. The summed E-state index contributed by atoms with van der Waals surface area (Å²) in [5.41, 5.74) is 2.68. The van der Waals surface area contributed by atoms with Crippen LogP contribution in [0.2, 0.25) is 0 Å². The lowest BCUT2D eigenvalue weighted by molar-refractivity contribution is 0.238. The van der Waals surface area contributed by atoms with Crippen molar-refractivity contribution in [3.63, 3.8) is 0 Å². The summed E-state index contributed by atoms with van der Waals surface area (Å²) in [5.74, 6) is 0. The van der Waals surface area contributed by atoms with Crippen molar-refractivity contribution in [2.24, 2.45) is 0 Å². The largest absolute Gasteiger partial charge is 0.361 e. The second-order valence-corrected chi connectivity index (χ2v) is 6.24. The number of H-pyrrole nitrogens is 1. The monoisotopic (exact) mass is 285 g/mol. The Hall–Kier alpha value is -1.32. The molecule has 1 aliphatic heterocycles. The lowest BCUT2D eigenvalue weighted by Gasteiger charge is -2.25. The SMILES string of the molecule is CCCCN(Cc1c[nH]c2ccccc12)CC1CCCN1. The average Bonchev–Trinajstić information content (AvgIpc) is 3.15. The van der Waals surface area contributed by atoms with E-state index in [1.165, 1.54) is 61.8 Å². The summed E-state index contributed by atoms with van der Waals surface area (Å²) in [5, 5.41) is 5.00. The van der Waals surface area contributed by atoms with Crippen molar-refractivity contribution in [1.29, 1.82) is 0 Å². The zero-order chi connectivity index (χ0) is 14.5. The number of fused-ring (bicyclic) bond motifs is 1. The van der Waals surface area contributed by atoms with Crippen LogP contribution < -0.4 is 5.32 Å². The molecule has 3 rings (SSSR count). The standard InChI is InChI=1S/C18H27N3/c1-2-3-11-21(14-16-7-6-10-19-16)13-15-12-20-18-9-5-4-8-17(15)18/h4-5,8-9,12,16,19-20H,2-3,6-7,10-11,13-14H2,1H3. The van der Waals surface area contributed by atoms with Crippen LogP contribution in [-0.4, -0.2) is 35.6 Å². The fraction of sp³-hybridized carbons (Fsp3) is 0.556. The minimum atomic E-state index is 0.687. The van der Waals surface area contributed by atoms with E-state index in [0.717, 1.165) is 6.54 Å². The third-order valence-electron chi connectivity index (χ3n) is 4.54. The maximum absolute atomic E-state index is 3.63. The zero-order valence-corrected chi connectivity index (χ0v) is 13.1. The van der Waals surface area contributed by atoms with Crippen molar-refractivity contribution >= 4 is 10.9 Å². The van der Waals surface area contributed by atoms with E-state index in [1.807, 2.05) is 0 Å². The van der Waals surface area contributed by atoms with Crippen molar-refractivity contribution in [3.05, 3.63) is 36.0 Å². The van der Waals surface area contributed by atoms with Crippen LogP contribution in [0.4, 0.5) is 0 Å². The molecule has 0 aliphatic carbocycles. The van der Waals surface area contributed by atoms with Gasteiger partial charge in [0.1, 0.15) is 0 Å². The van der Waals surface area contributed by atoms with Gasteiger partial charge in [-0.05, 0) is 44.0 Å². The first-order chi connectivity index (χ1) is 10.4. The number of aromatic amines is 1. The maximum Gasteiger partial charge on any atom is 0.0457 e. The van der Waals surface area contributed by atoms with Gasteiger partial charge in [-0.3, -0.25) is 4.90 Å². The summed E-state index contributed by atoms with van der Waals surface area (Å²) >= 11 is 0. The van der Waals surface area contributed by atoms with E-state index in [0.29, 0.717) is 6.04 Å².